The Morgan fingerprint density at radius 2 is 2.14 bits per heavy atom. The van der Waals surface area contributed by atoms with Gasteiger partial charge in [0.1, 0.15) is 0 Å². The average Bonchev–Trinajstić information content (AvgIpc) is 2.94. The third-order valence-electron chi connectivity index (χ3n) is 4.77. The number of nitrogens with zero attached hydrogens (tertiary/aromatic N) is 1. The zero-order chi connectivity index (χ0) is 14.7. The fraction of sp³-hybridized carbons (Fsp3) is 0.812. The highest BCUT2D eigenvalue weighted by molar-refractivity contribution is 5.15. The van der Waals surface area contributed by atoms with Crippen LogP contribution in [0.1, 0.15) is 44.1 Å². The molecule has 0 amide bonds. The van der Waals surface area contributed by atoms with Crippen LogP contribution in [0.2, 0.25) is 0 Å². The van der Waals surface area contributed by atoms with E-state index in [1.807, 2.05) is 6.92 Å². The van der Waals surface area contributed by atoms with E-state index in [0.29, 0.717) is 12.0 Å². The maximum Gasteiger partial charge on any atom is 0.157 e. The summed E-state index contributed by atoms with van der Waals surface area (Å²) >= 11 is 0. The lowest BCUT2D eigenvalue weighted by Gasteiger charge is -2.38. The fourth-order valence-electron chi connectivity index (χ4n) is 3.44. The van der Waals surface area contributed by atoms with Crippen molar-refractivity contribution < 1.29 is 14.0 Å². The second-order valence-corrected chi connectivity index (χ2v) is 6.48. The summed E-state index contributed by atoms with van der Waals surface area (Å²) < 4.78 is 16.8. The number of aryl methyl sites for hydroxylation is 1. The molecule has 2 aliphatic heterocycles. The molecule has 118 valence electrons. The van der Waals surface area contributed by atoms with Crippen molar-refractivity contribution in [2.75, 3.05) is 26.4 Å². The van der Waals surface area contributed by atoms with Gasteiger partial charge in [0.25, 0.3) is 0 Å². The third kappa shape index (κ3) is 3.47. The van der Waals surface area contributed by atoms with Gasteiger partial charge < -0.3 is 19.3 Å². The Bertz CT molecular complexity index is 454. The van der Waals surface area contributed by atoms with Crippen LogP contribution in [0.4, 0.5) is 0 Å². The normalized spacial score (nSPS) is 29.4. The van der Waals surface area contributed by atoms with E-state index in [4.69, 9.17) is 14.0 Å². The summed E-state index contributed by atoms with van der Waals surface area (Å²) in [5, 5.41) is 7.85. The van der Waals surface area contributed by atoms with Crippen molar-refractivity contribution in [1.82, 2.24) is 10.5 Å². The van der Waals surface area contributed by atoms with Crippen molar-refractivity contribution in [3.05, 3.63) is 17.5 Å². The topological polar surface area (TPSA) is 56.5 Å². The summed E-state index contributed by atoms with van der Waals surface area (Å²) in [7, 11) is 0. The van der Waals surface area contributed by atoms with Crippen molar-refractivity contribution >= 4 is 0 Å². The summed E-state index contributed by atoms with van der Waals surface area (Å²) in [5.41, 5.74) is 0.832. The zero-order valence-corrected chi connectivity index (χ0v) is 13.1. The van der Waals surface area contributed by atoms with Gasteiger partial charge in [-0.3, -0.25) is 0 Å². The van der Waals surface area contributed by atoms with Gasteiger partial charge >= 0.3 is 0 Å². The summed E-state index contributed by atoms with van der Waals surface area (Å²) in [6, 6.07) is 2.06. The first-order valence-corrected chi connectivity index (χ1v) is 8.06. The van der Waals surface area contributed by atoms with Gasteiger partial charge in [-0.1, -0.05) is 5.16 Å². The molecule has 0 aromatic carbocycles. The molecule has 0 bridgehead atoms. The maximum atomic E-state index is 5.64. The van der Waals surface area contributed by atoms with Crippen molar-refractivity contribution in [2.24, 2.45) is 5.92 Å². The van der Waals surface area contributed by atoms with Crippen LogP contribution in [0.5, 0.6) is 0 Å². The molecule has 3 rings (SSSR count). The molecule has 2 fully saturated rings. The largest absolute Gasteiger partial charge is 0.381 e. The smallest absolute Gasteiger partial charge is 0.157 e. The summed E-state index contributed by atoms with van der Waals surface area (Å²) in [4.78, 5) is 0. The number of rotatable bonds is 4. The molecule has 1 aromatic rings. The highest BCUT2D eigenvalue weighted by Gasteiger charge is 2.38. The van der Waals surface area contributed by atoms with Crippen LogP contribution in [0, 0.1) is 12.8 Å². The minimum absolute atomic E-state index is 0.110. The van der Waals surface area contributed by atoms with E-state index in [-0.39, 0.29) is 5.54 Å². The van der Waals surface area contributed by atoms with E-state index in [2.05, 4.69) is 23.5 Å². The molecule has 21 heavy (non-hydrogen) atoms. The van der Waals surface area contributed by atoms with Crippen molar-refractivity contribution in [2.45, 2.75) is 51.2 Å². The highest BCUT2D eigenvalue weighted by Crippen LogP contribution is 2.33. The zero-order valence-electron chi connectivity index (χ0n) is 13.1. The van der Waals surface area contributed by atoms with E-state index >= 15 is 0 Å². The Labute approximate surface area is 126 Å². The number of hydrogen-bond acceptors (Lipinski definition) is 5. The van der Waals surface area contributed by atoms with Crippen molar-refractivity contribution in [3.63, 3.8) is 0 Å². The predicted octanol–water partition coefficient (Wildman–Crippen LogP) is 2.39. The van der Waals surface area contributed by atoms with Crippen molar-refractivity contribution in [1.29, 1.82) is 0 Å². The molecule has 2 unspecified atom stereocenters. The van der Waals surface area contributed by atoms with Gasteiger partial charge in [-0.2, -0.15) is 0 Å². The van der Waals surface area contributed by atoms with Gasteiger partial charge in [0, 0.05) is 25.9 Å². The lowest BCUT2D eigenvalue weighted by molar-refractivity contribution is -0.00737. The molecule has 2 atom stereocenters. The molecule has 0 radical (unpaired) electrons. The third-order valence-corrected chi connectivity index (χ3v) is 4.77. The number of hydrogen-bond donors (Lipinski definition) is 1. The van der Waals surface area contributed by atoms with Gasteiger partial charge in [0.15, 0.2) is 5.76 Å². The molecular weight excluding hydrogens is 268 g/mol. The van der Waals surface area contributed by atoms with E-state index in [0.717, 1.165) is 63.5 Å². The SMILES string of the molecule is Cc1cc(C2(NCC3CCOC(C)C3)CCOCC2)on1. The van der Waals surface area contributed by atoms with Crippen LogP contribution in [0.3, 0.4) is 0 Å². The molecule has 5 heteroatoms. The first kappa shape index (κ1) is 15.0. The Morgan fingerprint density at radius 1 is 1.33 bits per heavy atom. The van der Waals surface area contributed by atoms with Crippen LogP contribution < -0.4 is 5.32 Å². The van der Waals surface area contributed by atoms with E-state index in [1.54, 1.807) is 0 Å². The van der Waals surface area contributed by atoms with Crippen LogP contribution >= 0.6 is 0 Å². The lowest BCUT2D eigenvalue weighted by Crippen LogP contribution is -2.49. The molecule has 1 N–H and O–H groups in total. The monoisotopic (exact) mass is 294 g/mol. The summed E-state index contributed by atoms with van der Waals surface area (Å²) in [6.07, 6.45) is 4.54. The molecule has 1 aromatic heterocycles. The molecule has 5 nitrogen and oxygen atoms in total. The fourth-order valence-corrected chi connectivity index (χ4v) is 3.44. The molecule has 3 heterocycles. The van der Waals surface area contributed by atoms with E-state index in [9.17, 15) is 0 Å². The van der Waals surface area contributed by atoms with Crippen LogP contribution in [0.15, 0.2) is 10.6 Å². The van der Waals surface area contributed by atoms with Gasteiger partial charge in [0.05, 0.1) is 17.3 Å². The Morgan fingerprint density at radius 3 is 2.81 bits per heavy atom. The minimum Gasteiger partial charge on any atom is -0.381 e. The first-order valence-electron chi connectivity index (χ1n) is 8.06. The van der Waals surface area contributed by atoms with E-state index < -0.39 is 0 Å². The Balaban J connectivity index is 1.68. The van der Waals surface area contributed by atoms with Gasteiger partial charge in [0.2, 0.25) is 0 Å². The van der Waals surface area contributed by atoms with Crippen LogP contribution in [0.25, 0.3) is 0 Å². The molecule has 0 spiro atoms. The highest BCUT2D eigenvalue weighted by atomic mass is 16.5. The molecule has 0 saturated carbocycles. The summed E-state index contributed by atoms with van der Waals surface area (Å²) in [6.45, 7) is 7.57. The lowest BCUT2D eigenvalue weighted by atomic mass is 9.85. The first-order chi connectivity index (χ1) is 10.2. The van der Waals surface area contributed by atoms with Crippen LogP contribution in [-0.4, -0.2) is 37.6 Å². The van der Waals surface area contributed by atoms with Gasteiger partial charge in [-0.05, 0) is 52.0 Å². The molecule has 0 aliphatic carbocycles. The number of aromatic nitrogens is 1. The van der Waals surface area contributed by atoms with Gasteiger partial charge in [-0.15, -0.1) is 0 Å². The van der Waals surface area contributed by atoms with Crippen LogP contribution in [-0.2, 0) is 15.0 Å². The second-order valence-electron chi connectivity index (χ2n) is 6.48. The number of ether oxygens (including phenoxy) is 2. The Hall–Kier alpha value is -0.910. The van der Waals surface area contributed by atoms with E-state index in [1.165, 1.54) is 0 Å². The predicted molar refractivity (Wildman–Crippen MR) is 79.1 cm³/mol. The molecule has 2 saturated heterocycles. The standard InChI is InChI=1S/C16H26N2O3/c1-12-9-15(21-18-12)16(4-7-19-8-5-16)17-11-14-3-6-20-13(2)10-14/h9,13-14,17H,3-8,10-11H2,1-2H3. The molecule has 2 aliphatic rings. The van der Waals surface area contributed by atoms with Gasteiger partial charge in [-0.25, -0.2) is 0 Å². The summed E-state index contributed by atoms with van der Waals surface area (Å²) in [5.74, 6) is 1.64. The quantitative estimate of drug-likeness (QED) is 0.924. The second kappa shape index (κ2) is 6.46. The minimum atomic E-state index is -0.110. The van der Waals surface area contributed by atoms with Crippen molar-refractivity contribution in [3.8, 4) is 0 Å². The molecular formula is C16H26N2O3. The maximum absolute atomic E-state index is 5.64. The average molecular weight is 294 g/mol. The number of nitrogens with one attached hydrogen (secondary N) is 1. The Kier molecular flexibility index (Phi) is 4.62.